The van der Waals surface area contributed by atoms with Crippen molar-refractivity contribution in [3.63, 3.8) is 0 Å². The molecular formula is C16H23N3. The molecule has 2 unspecified atom stereocenters. The smallest absolute Gasteiger partial charge is 0.142 e. The van der Waals surface area contributed by atoms with Crippen LogP contribution in [0.25, 0.3) is 0 Å². The summed E-state index contributed by atoms with van der Waals surface area (Å²) in [6.45, 7) is 5.04. The maximum absolute atomic E-state index is 9.49. The minimum Gasteiger partial charge on any atom is -0.309 e. The van der Waals surface area contributed by atoms with Gasteiger partial charge in [0.05, 0.1) is 6.07 Å². The van der Waals surface area contributed by atoms with Gasteiger partial charge in [-0.25, -0.2) is 0 Å². The zero-order chi connectivity index (χ0) is 13.7. The molecule has 1 aliphatic rings. The minimum atomic E-state index is -0.894. The molecule has 0 amide bonds. The fraction of sp³-hybridized carbons (Fsp3) is 0.562. The lowest BCUT2D eigenvalue weighted by Gasteiger charge is -2.30. The molecule has 3 nitrogen and oxygen atoms in total. The first-order valence-electron chi connectivity index (χ1n) is 7.12. The highest BCUT2D eigenvalue weighted by molar-refractivity contribution is 5.31. The van der Waals surface area contributed by atoms with Gasteiger partial charge in [-0.3, -0.25) is 0 Å². The molecule has 0 spiro atoms. The first kappa shape index (κ1) is 14.0. The van der Waals surface area contributed by atoms with Crippen LogP contribution < -0.4 is 5.73 Å². The SMILES string of the molecule is CC1CCCN(CC(N)(C#N)c2ccccc2)CC1. The molecule has 1 aliphatic heterocycles. The first-order valence-corrected chi connectivity index (χ1v) is 7.12. The molecule has 2 atom stereocenters. The van der Waals surface area contributed by atoms with E-state index >= 15 is 0 Å². The van der Waals surface area contributed by atoms with Crippen molar-refractivity contribution in [1.29, 1.82) is 5.26 Å². The second kappa shape index (κ2) is 6.18. The van der Waals surface area contributed by atoms with Gasteiger partial charge >= 0.3 is 0 Å². The third kappa shape index (κ3) is 3.56. The fourth-order valence-electron chi connectivity index (χ4n) is 2.76. The van der Waals surface area contributed by atoms with Gasteiger partial charge in [0.25, 0.3) is 0 Å². The Bertz CT molecular complexity index is 437. The molecule has 2 N–H and O–H groups in total. The number of likely N-dealkylation sites (tertiary alicyclic amines) is 1. The number of nitriles is 1. The van der Waals surface area contributed by atoms with Gasteiger partial charge in [-0.2, -0.15) is 5.26 Å². The van der Waals surface area contributed by atoms with E-state index in [4.69, 9.17) is 5.73 Å². The van der Waals surface area contributed by atoms with Crippen molar-refractivity contribution in [2.75, 3.05) is 19.6 Å². The van der Waals surface area contributed by atoms with E-state index in [-0.39, 0.29) is 0 Å². The molecular weight excluding hydrogens is 234 g/mol. The Morgan fingerprint density at radius 1 is 1.32 bits per heavy atom. The van der Waals surface area contributed by atoms with Crippen LogP contribution in [-0.4, -0.2) is 24.5 Å². The highest BCUT2D eigenvalue weighted by Crippen LogP contribution is 2.22. The van der Waals surface area contributed by atoms with Crippen LogP contribution in [0.1, 0.15) is 31.7 Å². The van der Waals surface area contributed by atoms with E-state index in [9.17, 15) is 5.26 Å². The second-order valence-corrected chi connectivity index (χ2v) is 5.76. The van der Waals surface area contributed by atoms with Gasteiger partial charge in [-0.1, -0.05) is 37.3 Å². The lowest BCUT2D eigenvalue weighted by molar-refractivity contribution is 0.240. The topological polar surface area (TPSA) is 53.0 Å². The Balaban J connectivity index is 2.09. The number of hydrogen-bond donors (Lipinski definition) is 1. The van der Waals surface area contributed by atoms with Crippen LogP contribution in [0.3, 0.4) is 0 Å². The van der Waals surface area contributed by atoms with Gasteiger partial charge in [-0.15, -0.1) is 0 Å². The summed E-state index contributed by atoms with van der Waals surface area (Å²) in [4.78, 5) is 2.35. The summed E-state index contributed by atoms with van der Waals surface area (Å²) in [5.41, 5.74) is 6.35. The number of nitrogens with two attached hydrogens (primary N) is 1. The summed E-state index contributed by atoms with van der Waals surface area (Å²) < 4.78 is 0. The van der Waals surface area contributed by atoms with Crippen molar-refractivity contribution < 1.29 is 0 Å². The molecule has 3 heteroatoms. The third-order valence-electron chi connectivity index (χ3n) is 4.07. The minimum absolute atomic E-state index is 0.625. The lowest BCUT2D eigenvalue weighted by Crippen LogP contribution is -2.47. The summed E-state index contributed by atoms with van der Waals surface area (Å²) in [5.74, 6) is 0.788. The second-order valence-electron chi connectivity index (χ2n) is 5.76. The molecule has 1 aromatic carbocycles. The molecule has 1 saturated heterocycles. The molecule has 2 rings (SSSR count). The largest absolute Gasteiger partial charge is 0.309 e. The first-order chi connectivity index (χ1) is 9.14. The molecule has 102 valence electrons. The number of nitrogens with zero attached hydrogens (tertiary/aromatic N) is 2. The maximum atomic E-state index is 9.49. The third-order valence-corrected chi connectivity index (χ3v) is 4.07. The molecule has 1 fully saturated rings. The van der Waals surface area contributed by atoms with Crippen LogP contribution in [0.15, 0.2) is 30.3 Å². The summed E-state index contributed by atoms with van der Waals surface area (Å²) >= 11 is 0. The van der Waals surface area contributed by atoms with Crippen molar-refractivity contribution in [3.05, 3.63) is 35.9 Å². The van der Waals surface area contributed by atoms with Gasteiger partial charge < -0.3 is 10.6 Å². The van der Waals surface area contributed by atoms with Crippen LogP contribution in [0.4, 0.5) is 0 Å². The highest BCUT2D eigenvalue weighted by atomic mass is 15.1. The molecule has 0 aromatic heterocycles. The van der Waals surface area contributed by atoms with Gasteiger partial charge in [0.2, 0.25) is 0 Å². The van der Waals surface area contributed by atoms with E-state index in [0.29, 0.717) is 6.54 Å². The van der Waals surface area contributed by atoms with Crippen LogP contribution >= 0.6 is 0 Å². The molecule has 0 radical (unpaired) electrons. The summed E-state index contributed by atoms with van der Waals surface area (Å²) in [6, 6.07) is 12.0. The zero-order valence-electron chi connectivity index (χ0n) is 11.7. The van der Waals surface area contributed by atoms with Crippen LogP contribution in [0.5, 0.6) is 0 Å². The average Bonchev–Trinajstić information content (AvgIpc) is 2.64. The van der Waals surface area contributed by atoms with E-state index in [1.54, 1.807) is 0 Å². The van der Waals surface area contributed by atoms with Crippen LogP contribution in [0, 0.1) is 17.2 Å². The highest BCUT2D eigenvalue weighted by Gasteiger charge is 2.30. The van der Waals surface area contributed by atoms with Crippen molar-refractivity contribution >= 4 is 0 Å². The van der Waals surface area contributed by atoms with Crippen molar-refractivity contribution in [1.82, 2.24) is 4.90 Å². The van der Waals surface area contributed by atoms with Gasteiger partial charge in [0.15, 0.2) is 0 Å². The molecule has 0 aliphatic carbocycles. The normalized spacial score (nSPS) is 24.2. The Hall–Kier alpha value is -1.37. The van der Waals surface area contributed by atoms with Crippen molar-refractivity contribution in [2.24, 2.45) is 11.7 Å². The standard InChI is InChI=1S/C16H23N3/c1-14-6-5-10-19(11-9-14)13-16(18,12-17)15-7-3-2-4-8-15/h2-4,7-8,14H,5-6,9-11,13,18H2,1H3. The summed E-state index contributed by atoms with van der Waals surface area (Å²) in [5, 5.41) is 9.49. The Labute approximate surface area is 116 Å². The predicted octanol–water partition coefficient (Wildman–Crippen LogP) is 2.49. The fourth-order valence-corrected chi connectivity index (χ4v) is 2.76. The molecule has 19 heavy (non-hydrogen) atoms. The quantitative estimate of drug-likeness (QED) is 0.905. The predicted molar refractivity (Wildman–Crippen MR) is 77.4 cm³/mol. The maximum Gasteiger partial charge on any atom is 0.142 e. The van der Waals surface area contributed by atoms with E-state index in [0.717, 1.165) is 24.6 Å². The van der Waals surface area contributed by atoms with E-state index in [2.05, 4.69) is 17.9 Å². The lowest BCUT2D eigenvalue weighted by atomic mass is 9.92. The zero-order valence-corrected chi connectivity index (χ0v) is 11.7. The molecule has 0 bridgehead atoms. The summed E-state index contributed by atoms with van der Waals surface area (Å²) in [6.07, 6.45) is 3.69. The Morgan fingerprint density at radius 3 is 2.74 bits per heavy atom. The van der Waals surface area contributed by atoms with Crippen molar-refractivity contribution in [2.45, 2.75) is 31.7 Å². The average molecular weight is 257 g/mol. The van der Waals surface area contributed by atoms with E-state index in [1.165, 1.54) is 19.3 Å². The van der Waals surface area contributed by atoms with E-state index in [1.807, 2.05) is 30.3 Å². The van der Waals surface area contributed by atoms with Gasteiger partial charge in [-0.05, 0) is 43.8 Å². The van der Waals surface area contributed by atoms with Gasteiger partial charge in [0.1, 0.15) is 5.54 Å². The number of hydrogen-bond acceptors (Lipinski definition) is 3. The Morgan fingerprint density at radius 2 is 2.05 bits per heavy atom. The molecule has 1 heterocycles. The number of benzene rings is 1. The molecule has 1 aromatic rings. The number of rotatable bonds is 3. The van der Waals surface area contributed by atoms with E-state index < -0.39 is 5.54 Å². The molecule has 0 saturated carbocycles. The monoisotopic (exact) mass is 257 g/mol. The van der Waals surface area contributed by atoms with Crippen LogP contribution in [0.2, 0.25) is 0 Å². The summed E-state index contributed by atoms with van der Waals surface area (Å²) in [7, 11) is 0. The van der Waals surface area contributed by atoms with Crippen molar-refractivity contribution in [3.8, 4) is 6.07 Å². The van der Waals surface area contributed by atoms with Crippen LogP contribution in [-0.2, 0) is 5.54 Å². The Kier molecular flexibility index (Phi) is 4.57. The van der Waals surface area contributed by atoms with Gasteiger partial charge in [0, 0.05) is 6.54 Å².